The lowest BCUT2D eigenvalue weighted by Gasteiger charge is -1.96. The van der Waals surface area contributed by atoms with Gasteiger partial charge < -0.3 is 15.0 Å². The number of nitrogens with zero attached hydrogens (tertiary/aromatic N) is 2. The Morgan fingerprint density at radius 2 is 2.20 bits per heavy atom. The van der Waals surface area contributed by atoms with Gasteiger partial charge in [0.05, 0.1) is 9.50 Å². The molecule has 0 aliphatic carbocycles. The smallest absolute Gasteiger partial charge is 0.356 e. The van der Waals surface area contributed by atoms with Crippen LogP contribution < -0.4 is 0 Å². The number of pyridine rings is 1. The van der Waals surface area contributed by atoms with E-state index in [4.69, 9.17) is 16.7 Å². The first-order chi connectivity index (χ1) is 6.58. The van der Waals surface area contributed by atoms with Crippen LogP contribution in [0.5, 0.6) is 0 Å². The van der Waals surface area contributed by atoms with Crippen molar-refractivity contribution in [1.82, 2.24) is 9.38 Å². The summed E-state index contributed by atoms with van der Waals surface area (Å²) < 4.78 is 2.23. The molecule has 0 spiro atoms. The van der Waals surface area contributed by atoms with Crippen LogP contribution in [0.2, 0.25) is 5.02 Å². The molecule has 2 rings (SSSR count). The predicted octanol–water partition coefficient (Wildman–Crippen LogP) is 1.62. The first kappa shape index (κ1) is 12.0. The second-order valence-electron chi connectivity index (χ2n) is 2.67. The Balaban J connectivity index is 0.00000112. The van der Waals surface area contributed by atoms with Gasteiger partial charge in [-0.05, 0) is 22.0 Å². The number of hydrogen-bond acceptors (Lipinski definition) is 2. The van der Waals surface area contributed by atoms with Crippen molar-refractivity contribution in [2.75, 3.05) is 0 Å². The number of carboxylic acids is 1. The minimum atomic E-state index is -1.06. The molecule has 2 aromatic heterocycles. The van der Waals surface area contributed by atoms with E-state index in [0.29, 0.717) is 15.1 Å². The van der Waals surface area contributed by atoms with E-state index < -0.39 is 5.97 Å². The normalized spacial score (nSPS) is 10.0. The molecule has 15 heavy (non-hydrogen) atoms. The van der Waals surface area contributed by atoms with E-state index >= 15 is 0 Å². The van der Waals surface area contributed by atoms with Crippen molar-refractivity contribution in [3.05, 3.63) is 33.6 Å². The molecule has 0 unspecified atom stereocenters. The number of carbonyl (C=O) groups is 1. The fourth-order valence-corrected chi connectivity index (χ4v) is 2.01. The molecule has 5 nitrogen and oxygen atoms in total. The Morgan fingerprint density at radius 1 is 1.53 bits per heavy atom. The Kier molecular flexibility index (Phi) is 3.33. The monoisotopic (exact) mass is 292 g/mol. The van der Waals surface area contributed by atoms with Crippen LogP contribution in [0, 0.1) is 0 Å². The first-order valence-electron chi connectivity index (χ1n) is 3.65. The maximum atomic E-state index is 10.6. The molecule has 7 heteroatoms. The first-order valence-corrected chi connectivity index (χ1v) is 4.82. The molecule has 3 N–H and O–H groups in total. The highest BCUT2D eigenvalue weighted by Gasteiger charge is 2.10. The van der Waals surface area contributed by atoms with Gasteiger partial charge in [-0.25, -0.2) is 9.78 Å². The number of hydrogen-bond donors (Lipinski definition) is 1. The van der Waals surface area contributed by atoms with Gasteiger partial charge >= 0.3 is 5.97 Å². The molecular weight excluding hydrogens is 287 g/mol. The van der Waals surface area contributed by atoms with Crippen molar-refractivity contribution in [1.29, 1.82) is 0 Å². The average Bonchev–Trinajstić information content (AvgIpc) is 2.47. The maximum absolute atomic E-state index is 10.6. The molecule has 0 bridgehead atoms. The Bertz CT molecular complexity index is 526. The maximum Gasteiger partial charge on any atom is 0.356 e. The number of fused-ring (bicyclic) bond motifs is 1. The van der Waals surface area contributed by atoms with Crippen LogP contribution in [0.4, 0.5) is 0 Å². The molecule has 2 aromatic rings. The van der Waals surface area contributed by atoms with E-state index in [-0.39, 0.29) is 11.2 Å². The van der Waals surface area contributed by atoms with Gasteiger partial charge in [0.2, 0.25) is 0 Å². The molecule has 0 amide bonds. The molecule has 0 saturated carbocycles. The van der Waals surface area contributed by atoms with Gasteiger partial charge in [-0.1, -0.05) is 11.6 Å². The number of halogens is 2. The fraction of sp³-hybridized carbons (Fsp3) is 0. The lowest BCUT2D eigenvalue weighted by molar-refractivity contribution is 0.0691. The van der Waals surface area contributed by atoms with Gasteiger partial charge in [-0.15, -0.1) is 0 Å². The highest BCUT2D eigenvalue weighted by molar-refractivity contribution is 9.10. The molecule has 0 atom stereocenters. The number of rotatable bonds is 1. The Morgan fingerprint density at radius 3 is 2.80 bits per heavy atom. The summed E-state index contributed by atoms with van der Waals surface area (Å²) in [5.74, 6) is -1.06. The largest absolute Gasteiger partial charge is 0.476 e. The summed E-state index contributed by atoms with van der Waals surface area (Å²) in [5.41, 5.74) is 0.528. The van der Waals surface area contributed by atoms with E-state index in [1.165, 1.54) is 6.20 Å². The van der Waals surface area contributed by atoms with Gasteiger partial charge in [0, 0.05) is 12.4 Å². The van der Waals surface area contributed by atoms with Gasteiger partial charge in [0.15, 0.2) is 11.3 Å². The van der Waals surface area contributed by atoms with Crippen LogP contribution in [0.15, 0.2) is 22.9 Å². The van der Waals surface area contributed by atoms with Gasteiger partial charge in [0.25, 0.3) is 0 Å². The molecule has 0 fully saturated rings. The van der Waals surface area contributed by atoms with E-state index in [1.54, 1.807) is 16.7 Å². The Labute approximate surface area is 97.7 Å². The van der Waals surface area contributed by atoms with Crippen LogP contribution in [-0.2, 0) is 0 Å². The third-order valence-corrected chi connectivity index (χ3v) is 2.48. The minimum absolute atomic E-state index is 0. The van der Waals surface area contributed by atoms with Crippen molar-refractivity contribution < 1.29 is 15.4 Å². The SMILES string of the molecule is O.O=C(O)c1cn2cc(Cl)cc(Br)c2n1. The summed E-state index contributed by atoms with van der Waals surface area (Å²) >= 11 is 9.04. The van der Waals surface area contributed by atoms with Crippen LogP contribution >= 0.6 is 27.5 Å². The van der Waals surface area contributed by atoms with Crippen LogP contribution in [0.25, 0.3) is 5.65 Å². The van der Waals surface area contributed by atoms with Crippen molar-refractivity contribution in [3.8, 4) is 0 Å². The fourth-order valence-electron chi connectivity index (χ4n) is 1.13. The molecule has 2 heterocycles. The highest BCUT2D eigenvalue weighted by atomic mass is 79.9. The summed E-state index contributed by atoms with van der Waals surface area (Å²) in [6.45, 7) is 0. The Hall–Kier alpha value is -1.11. The number of imidazole rings is 1. The summed E-state index contributed by atoms with van der Waals surface area (Å²) in [6, 6.07) is 1.66. The summed E-state index contributed by atoms with van der Waals surface area (Å²) in [7, 11) is 0. The average molecular weight is 294 g/mol. The number of aromatic carboxylic acids is 1. The summed E-state index contributed by atoms with van der Waals surface area (Å²) in [5, 5.41) is 9.23. The quantitative estimate of drug-likeness (QED) is 0.867. The number of carboxylic acid groups (broad SMARTS) is 1. The molecular formula is C8H6BrClN2O3. The topological polar surface area (TPSA) is 86.1 Å². The van der Waals surface area contributed by atoms with Gasteiger partial charge in [-0.3, -0.25) is 0 Å². The molecule has 0 saturated heterocycles. The zero-order valence-electron chi connectivity index (χ0n) is 7.24. The van der Waals surface area contributed by atoms with Crippen LogP contribution in [0.1, 0.15) is 10.5 Å². The molecule has 0 aliphatic heterocycles. The lowest BCUT2D eigenvalue weighted by Crippen LogP contribution is -1.94. The van der Waals surface area contributed by atoms with Gasteiger partial charge in [-0.2, -0.15) is 0 Å². The van der Waals surface area contributed by atoms with E-state index in [0.717, 1.165) is 0 Å². The number of aromatic nitrogens is 2. The zero-order chi connectivity index (χ0) is 10.3. The van der Waals surface area contributed by atoms with Gasteiger partial charge in [0.1, 0.15) is 0 Å². The third-order valence-electron chi connectivity index (χ3n) is 1.69. The van der Waals surface area contributed by atoms with E-state index in [9.17, 15) is 4.79 Å². The van der Waals surface area contributed by atoms with Crippen molar-refractivity contribution in [2.24, 2.45) is 0 Å². The highest BCUT2D eigenvalue weighted by Crippen LogP contribution is 2.22. The van der Waals surface area contributed by atoms with Crippen LogP contribution in [-0.4, -0.2) is 25.9 Å². The minimum Gasteiger partial charge on any atom is -0.476 e. The van der Waals surface area contributed by atoms with E-state index in [1.807, 2.05) is 0 Å². The molecule has 0 aliphatic rings. The second-order valence-corrected chi connectivity index (χ2v) is 3.96. The third kappa shape index (κ3) is 2.11. The summed E-state index contributed by atoms with van der Waals surface area (Å²) in [6.07, 6.45) is 3.01. The molecule has 0 radical (unpaired) electrons. The van der Waals surface area contributed by atoms with Crippen molar-refractivity contribution in [2.45, 2.75) is 0 Å². The standard InChI is InChI=1S/C8H4BrClN2O2.H2O/c9-5-1-4(10)2-12-3-6(8(13)14)11-7(5)12;/h1-3H,(H,13,14);1H2. The molecule has 0 aromatic carbocycles. The van der Waals surface area contributed by atoms with Crippen molar-refractivity contribution in [3.63, 3.8) is 0 Å². The predicted molar refractivity (Wildman–Crippen MR) is 58.5 cm³/mol. The molecule has 80 valence electrons. The zero-order valence-corrected chi connectivity index (χ0v) is 9.58. The summed E-state index contributed by atoms with van der Waals surface area (Å²) in [4.78, 5) is 14.6. The lowest BCUT2D eigenvalue weighted by atomic mass is 10.5. The van der Waals surface area contributed by atoms with E-state index in [2.05, 4.69) is 20.9 Å². The van der Waals surface area contributed by atoms with Crippen LogP contribution in [0.3, 0.4) is 0 Å². The van der Waals surface area contributed by atoms with Crippen molar-refractivity contribution >= 4 is 39.1 Å². The second kappa shape index (κ2) is 4.18.